The highest BCUT2D eigenvalue weighted by Gasteiger charge is 2.12. The molecule has 98 valence electrons. The van der Waals surface area contributed by atoms with Crippen molar-refractivity contribution in [2.45, 2.75) is 6.42 Å². The number of nitrogens with zero attached hydrogens (tertiary/aromatic N) is 1. The van der Waals surface area contributed by atoms with E-state index in [0.717, 1.165) is 25.4 Å². The summed E-state index contributed by atoms with van der Waals surface area (Å²) in [6, 6.07) is 7.47. The lowest BCUT2D eigenvalue weighted by Crippen LogP contribution is -2.32. The Bertz CT molecular complexity index is 409. The molecule has 18 heavy (non-hydrogen) atoms. The molecule has 1 amide bonds. The Labute approximate surface area is 107 Å². The minimum atomic E-state index is 0.130. The highest BCUT2D eigenvalue weighted by molar-refractivity contribution is 5.76. The van der Waals surface area contributed by atoms with E-state index in [9.17, 15) is 4.79 Å². The molecule has 2 rings (SSSR count). The summed E-state index contributed by atoms with van der Waals surface area (Å²) in [6.45, 7) is 3.77. The van der Waals surface area contributed by atoms with E-state index in [-0.39, 0.29) is 5.91 Å². The molecule has 3 N–H and O–H groups in total. The molecule has 1 heterocycles. The van der Waals surface area contributed by atoms with Crippen molar-refractivity contribution in [3.8, 4) is 5.75 Å². The van der Waals surface area contributed by atoms with Gasteiger partial charge in [0.2, 0.25) is 5.91 Å². The Hall–Kier alpha value is -1.75. The fourth-order valence-electron chi connectivity index (χ4n) is 1.93. The van der Waals surface area contributed by atoms with Crippen LogP contribution in [0, 0.1) is 0 Å². The van der Waals surface area contributed by atoms with Crippen LogP contribution in [0.3, 0.4) is 0 Å². The molecule has 1 aliphatic rings. The zero-order valence-corrected chi connectivity index (χ0v) is 10.4. The van der Waals surface area contributed by atoms with Crippen molar-refractivity contribution in [1.29, 1.82) is 0 Å². The summed E-state index contributed by atoms with van der Waals surface area (Å²) in [7, 11) is 0. The van der Waals surface area contributed by atoms with Crippen LogP contribution in [0.1, 0.15) is 6.42 Å². The second-order valence-electron chi connectivity index (χ2n) is 4.33. The first-order valence-electron chi connectivity index (χ1n) is 6.22. The number of ether oxygens (including phenoxy) is 1. The molecule has 1 aromatic rings. The Morgan fingerprint density at radius 2 is 2.17 bits per heavy atom. The molecule has 0 bridgehead atoms. The molecular formula is C13H19N3O2. The second-order valence-corrected chi connectivity index (χ2v) is 4.33. The maximum atomic E-state index is 11.2. The van der Waals surface area contributed by atoms with Gasteiger partial charge in [-0.25, -0.2) is 0 Å². The van der Waals surface area contributed by atoms with Gasteiger partial charge in [0.25, 0.3) is 0 Å². The van der Waals surface area contributed by atoms with Gasteiger partial charge in [0.05, 0.1) is 5.69 Å². The van der Waals surface area contributed by atoms with Crippen LogP contribution < -0.4 is 15.8 Å². The molecule has 0 radical (unpaired) electrons. The number of hydrogen-bond donors (Lipinski definition) is 2. The van der Waals surface area contributed by atoms with E-state index in [1.54, 1.807) is 0 Å². The van der Waals surface area contributed by atoms with Crippen LogP contribution in [0.2, 0.25) is 0 Å². The average molecular weight is 249 g/mol. The maximum absolute atomic E-state index is 11.2. The van der Waals surface area contributed by atoms with E-state index in [1.165, 1.54) is 0 Å². The molecule has 1 aliphatic heterocycles. The third kappa shape index (κ3) is 3.63. The van der Waals surface area contributed by atoms with Gasteiger partial charge in [0.1, 0.15) is 12.4 Å². The zero-order chi connectivity index (χ0) is 12.8. The van der Waals surface area contributed by atoms with Crippen LogP contribution in [0.25, 0.3) is 0 Å². The van der Waals surface area contributed by atoms with Crippen LogP contribution >= 0.6 is 0 Å². The van der Waals surface area contributed by atoms with Gasteiger partial charge in [0, 0.05) is 32.6 Å². The van der Waals surface area contributed by atoms with Crippen molar-refractivity contribution in [1.82, 2.24) is 10.2 Å². The van der Waals surface area contributed by atoms with Gasteiger partial charge in [-0.1, -0.05) is 12.1 Å². The van der Waals surface area contributed by atoms with E-state index in [2.05, 4.69) is 10.2 Å². The summed E-state index contributed by atoms with van der Waals surface area (Å²) < 4.78 is 5.64. The van der Waals surface area contributed by atoms with Gasteiger partial charge in [-0.05, 0) is 12.1 Å². The molecule has 0 saturated carbocycles. The Balaban J connectivity index is 1.75. The van der Waals surface area contributed by atoms with Gasteiger partial charge in [0.15, 0.2) is 0 Å². The monoisotopic (exact) mass is 249 g/mol. The van der Waals surface area contributed by atoms with Crippen LogP contribution in [-0.4, -0.2) is 43.6 Å². The fraction of sp³-hybridized carbons (Fsp3) is 0.462. The van der Waals surface area contributed by atoms with Gasteiger partial charge in [-0.2, -0.15) is 0 Å². The molecule has 0 aliphatic carbocycles. The highest BCUT2D eigenvalue weighted by Crippen LogP contribution is 2.19. The van der Waals surface area contributed by atoms with Gasteiger partial charge < -0.3 is 15.8 Å². The highest BCUT2D eigenvalue weighted by atomic mass is 16.5. The maximum Gasteiger partial charge on any atom is 0.221 e. The number of amides is 1. The summed E-state index contributed by atoms with van der Waals surface area (Å²) in [6.07, 6.45) is 0.563. The van der Waals surface area contributed by atoms with E-state index in [0.29, 0.717) is 25.3 Å². The molecular weight excluding hydrogens is 230 g/mol. The Kier molecular flexibility index (Phi) is 4.41. The number of nitrogens with two attached hydrogens (primary N) is 1. The van der Waals surface area contributed by atoms with Crippen molar-refractivity contribution in [3.05, 3.63) is 24.3 Å². The van der Waals surface area contributed by atoms with E-state index in [4.69, 9.17) is 10.5 Å². The molecule has 0 aromatic heterocycles. The summed E-state index contributed by atoms with van der Waals surface area (Å²) >= 11 is 0. The Morgan fingerprint density at radius 3 is 3.00 bits per heavy atom. The number of benzene rings is 1. The third-order valence-corrected chi connectivity index (χ3v) is 2.99. The van der Waals surface area contributed by atoms with Gasteiger partial charge in [-0.15, -0.1) is 0 Å². The van der Waals surface area contributed by atoms with Crippen LogP contribution in [0.4, 0.5) is 5.69 Å². The average Bonchev–Trinajstić information content (AvgIpc) is 2.57. The molecule has 5 nitrogen and oxygen atoms in total. The van der Waals surface area contributed by atoms with Crippen molar-refractivity contribution in [3.63, 3.8) is 0 Å². The standard InChI is InChI=1S/C13H19N3O2/c14-11-3-1-2-4-12(11)18-10-9-16-7-5-13(17)15-6-8-16/h1-4H,5-10,14H2,(H,15,17). The summed E-state index contributed by atoms with van der Waals surface area (Å²) in [5, 5.41) is 2.85. The smallest absolute Gasteiger partial charge is 0.221 e. The molecule has 1 fully saturated rings. The molecule has 1 aromatic carbocycles. The number of nitrogens with one attached hydrogen (secondary N) is 1. The fourth-order valence-corrected chi connectivity index (χ4v) is 1.93. The van der Waals surface area contributed by atoms with Crippen LogP contribution in [0.5, 0.6) is 5.75 Å². The van der Waals surface area contributed by atoms with Crippen LogP contribution in [0.15, 0.2) is 24.3 Å². The minimum absolute atomic E-state index is 0.130. The summed E-state index contributed by atoms with van der Waals surface area (Å²) in [4.78, 5) is 13.4. The summed E-state index contributed by atoms with van der Waals surface area (Å²) in [5.41, 5.74) is 6.45. The molecule has 0 atom stereocenters. The van der Waals surface area contributed by atoms with E-state index < -0.39 is 0 Å². The second kappa shape index (κ2) is 6.26. The molecule has 5 heteroatoms. The largest absolute Gasteiger partial charge is 0.490 e. The van der Waals surface area contributed by atoms with Gasteiger partial charge in [-0.3, -0.25) is 9.69 Å². The number of anilines is 1. The van der Waals surface area contributed by atoms with Crippen molar-refractivity contribution < 1.29 is 9.53 Å². The van der Waals surface area contributed by atoms with Crippen molar-refractivity contribution in [2.24, 2.45) is 0 Å². The zero-order valence-electron chi connectivity index (χ0n) is 10.4. The number of carbonyl (C=O) groups excluding carboxylic acids is 1. The van der Waals surface area contributed by atoms with Crippen molar-refractivity contribution >= 4 is 11.6 Å². The minimum Gasteiger partial charge on any atom is -0.490 e. The lowest BCUT2D eigenvalue weighted by molar-refractivity contribution is -0.120. The van der Waals surface area contributed by atoms with E-state index >= 15 is 0 Å². The Morgan fingerprint density at radius 1 is 1.33 bits per heavy atom. The normalized spacial score (nSPS) is 17.0. The lowest BCUT2D eigenvalue weighted by Gasteiger charge is -2.19. The number of carbonyl (C=O) groups is 1. The molecule has 1 saturated heterocycles. The molecule has 0 spiro atoms. The first kappa shape index (κ1) is 12.7. The summed E-state index contributed by atoms with van der Waals surface area (Å²) in [5.74, 6) is 0.854. The van der Waals surface area contributed by atoms with Gasteiger partial charge >= 0.3 is 0 Å². The first-order valence-corrected chi connectivity index (χ1v) is 6.22. The molecule has 0 unspecified atom stereocenters. The van der Waals surface area contributed by atoms with E-state index in [1.807, 2.05) is 24.3 Å². The predicted octanol–water partition coefficient (Wildman–Crippen LogP) is 0.469. The number of hydrogen-bond acceptors (Lipinski definition) is 4. The number of nitrogen functional groups attached to an aromatic ring is 1. The first-order chi connectivity index (χ1) is 8.75. The van der Waals surface area contributed by atoms with Crippen molar-refractivity contribution in [2.75, 3.05) is 38.5 Å². The van der Waals surface area contributed by atoms with Crippen LogP contribution in [-0.2, 0) is 4.79 Å². The SMILES string of the molecule is Nc1ccccc1OCCN1CCNC(=O)CC1. The number of para-hydroxylation sites is 2. The topological polar surface area (TPSA) is 67.6 Å². The lowest BCUT2D eigenvalue weighted by atomic mass is 10.3. The third-order valence-electron chi connectivity index (χ3n) is 2.99. The number of rotatable bonds is 4. The predicted molar refractivity (Wildman–Crippen MR) is 70.4 cm³/mol. The quantitative estimate of drug-likeness (QED) is 0.761.